The summed E-state index contributed by atoms with van der Waals surface area (Å²) in [6.07, 6.45) is -0.555. The summed E-state index contributed by atoms with van der Waals surface area (Å²) >= 11 is 3.01. The van der Waals surface area contributed by atoms with Crippen LogP contribution in [0.25, 0.3) is 0 Å². The van der Waals surface area contributed by atoms with Crippen LogP contribution in [0.4, 0.5) is 10.8 Å². The zero-order valence-corrected chi connectivity index (χ0v) is 12.4. The van der Waals surface area contributed by atoms with E-state index >= 15 is 0 Å². The normalized spacial score (nSPS) is 12.4. The van der Waals surface area contributed by atoms with Gasteiger partial charge in [-0.2, -0.15) is 0 Å². The van der Waals surface area contributed by atoms with E-state index in [9.17, 15) is 5.11 Å². The topological polar surface area (TPSA) is 75.3 Å². The van der Waals surface area contributed by atoms with Gasteiger partial charge < -0.3 is 15.7 Å². The molecule has 0 radical (unpaired) electrons. The van der Waals surface area contributed by atoms with Gasteiger partial charge in [-0.15, -0.1) is 10.2 Å². The first kappa shape index (κ1) is 14.1. The fourth-order valence-corrected chi connectivity index (χ4v) is 3.21. The molecular formula is C12H16N4OS2. The molecule has 0 spiro atoms. The van der Waals surface area contributed by atoms with Crippen molar-refractivity contribution in [1.29, 1.82) is 0 Å². The van der Waals surface area contributed by atoms with Gasteiger partial charge in [0.1, 0.15) is 0 Å². The lowest BCUT2D eigenvalue weighted by atomic mass is 10.1. The summed E-state index contributed by atoms with van der Waals surface area (Å²) in [5.74, 6) is 0.533. The lowest BCUT2D eigenvalue weighted by molar-refractivity contribution is 0.204. The smallest absolute Gasteiger partial charge is 0.208 e. The Hall–Kier alpha value is -1.31. The third-order valence-electron chi connectivity index (χ3n) is 2.44. The van der Waals surface area contributed by atoms with Crippen molar-refractivity contribution in [2.45, 2.75) is 10.4 Å². The molecule has 1 aromatic carbocycles. The highest BCUT2D eigenvalue weighted by Gasteiger charge is 2.11. The predicted molar refractivity (Wildman–Crippen MR) is 80.8 cm³/mol. The van der Waals surface area contributed by atoms with Gasteiger partial charge in [-0.1, -0.05) is 35.2 Å². The van der Waals surface area contributed by atoms with Crippen molar-refractivity contribution in [2.75, 3.05) is 30.5 Å². The Kier molecular flexibility index (Phi) is 4.62. The van der Waals surface area contributed by atoms with E-state index in [1.165, 1.54) is 23.1 Å². The van der Waals surface area contributed by atoms with E-state index in [1.807, 2.05) is 31.1 Å². The molecule has 102 valence electrons. The maximum atomic E-state index is 10.1. The van der Waals surface area contributed by atoms with Crippen LogP contribution in [0.1, 0.15) is 11.7 Å². The van der Waals surface area contributed by atoms with Gasteiger partial charge in [-0.25, -0.2) is 0 Å². The monoisotopic (exact) mass is 296 g/mol. The van der Waals surface area contributed by atoms with Gasteiger partial charge >= 0.3 is 0 Å². The number of nitrogen functional groups attached to an aromatic ring is 1. The molecule has 0 aliphatic rings. The molecular weight excluding hydrogens is 280 g/mol. The Bertz CT molecular complexity index is 544. The zero-order valence-electron chi connectivity index (χ0n) is 10.8. The molecule has 0 fully saturated rings. The van der Waals surface area contributed by atoms with Gasteiger partial charge in [0.2, 0.25) is 5.13 Å². The van der Waals surface area contributed by atoms with Gasteiger partial charge in [-0.3, -0.25) is 0 Å². The summed E-state index contributed by atoms with van der Waals surface area (Å²) in [5.41, 5.74) is 7.18. The van der Waals surface area contributed by atoms with Crippen LogP contribution in [0.3, 0.4) is 0 Å². The second-order valence-corrected chi connectivity index (χ2v) is 6.46. The SMILES string of the molecule is CN(C)c1nnc(SCC(O)c2cccc(N)c2)s1. The van der Waals surface area contributed by atoms with Crippen LogP contribution in [0.5, 0.6) is 0 Å². The van der Waals surface area contributed by atoms with Gasteiger partial charge in [0, 0.05) is 25.5 Å². The minimum Gasteiger partial charge on any atom is -0.399 e. The van der Waals surface area contributed by atoms with Crippen LogP contribution in [0.15, 0.2) is 28.6 Å². The number of anilines is 2. The summed E-state index contributed by atoms with van der Waals surface area (Å²) < 4.78 is 0.853. The molecule has 2 rings (SSSR count). The van der Waals surface area contributed by atoms with E-state index < -0.39 is 6.10 Å². The summed E-state index contributed by atoms with van der Waals surface area (Å²) in [6, 6.07) is 7.30. The molecule has 0 bridgehead atoms. The summed E-state index contributed by atoms with van der Waals surface area (Å²) in [5, 5.41) is 19.1. The first-order chi connectivity index (χ1) is 9.06. The van der Waals surface area contributed by atoms with Crippen LogP contribution in [-0.2, 0) is 0 Å². The van der Waals surface area contributed by atoms with Gasteiger partial charge in [-0.05, 0) is 17.7 Å². The van der Waals surface area contributed by atoms with Crippen LogP contribution in [-0.4, -0.2) is 35.2 Å². The Morgan fingerprint density at radius 2 is 2.21 bits per heavy atom. The number of hydrogen-bond donors (Lipinski definition) is 2. The van der Waals surface area contributed by atoms with Crippen molar-refractivity contribution >= 4 is 33.9 Å². The summed E-state index contributed by atoms with van der Waals surface area (Å²) in [4.78, 5) is 1.91. The number of aliphatic hydroxyl groups excluding tert-OH is 1. The maximum Gasteiger partial charge on any atom is 0.208 e. The van der Waals surface area contributed by atoms with E-state index in [0.29, 0.717) is 11.4 Å². The van der Waals surface area contributed by atoms with Crippen LogP contribution in [0.2, 0.25) is 0 Å². The highest BCUT2D eigenvalue weighted by atomic mass is 32.2. The summed E-state index contributed by atoms with van der Waals surface area (Å²) in [7, 11) is 3.85. The standard InChI is InChI=1S/C12H16N4OS2/c1-16(2)11-14-15-12(19-11)18-7-10(17)8-4-3-5-9(13)6-8/h3-6,10,17H,7,13H2,1-2H3. The number of rotatable bonds is 5. The number of thioether (sulfide) groups is 1. The summed E-state index contributed by atoms with van der Waals surface area (Å²) in [6.45, 7) is 0. The first-order valence-electron chi connectivity index (χ1n) is 5.73. The number of nitrogens with two attached hydrogens (primary N) is 1. The quantitative estimate of drug-likeness (QED) is 0.649. The lowest BCUT2D eigenvalue weighted by Gasteiger charge is -2.09. The van der Waals surface area contributed by atoms with E-state index in [-0.39, 0.29) is 0 Å². The van der Waals surface area contributed by atoms with Gasteiger partial charge in [0.05, 0.1) is 6.10 Å². The molecule has 0 aliphatic heterocycles. The Balaban J connectivity index is 1.94. The van der Waals surface area contributed by atoms with E-state index in [1.54, 1.807) is 12.1 Å². The van der Waals surface area contributed by atoms with Crippen molar-refractivity contribution in [1.82, 2.24) is 10.2 Å². The van der Waals surface area contributed by atoms with E-state index in [0.717, 1.165) is 15.0 Å². The van der Waals surface area contributed by atoms with Crippen molar-refractivity contribution in [3.8, 4) is 0 Å². The molecule has 1 heterocycles. The molecule has 0 amide bonds. The lowest BCUT2D eigenvalue weighted by Crippen LogP contribution is -2.07. The van der Waals surface area contributed by atoms with Gasteiger partial charge in [0.15, 0.2) is 4.34 Å². The number of aliphatic hydroxyl groups is 1. The molecule has 19 heavy (non-hydrogen) atoms. The Morgan fingerprint density at radius 1 is 1.42 bits per heavy atom. The number of aromatic nitrogens is 2. The molecule has 1 unspecified atom stereocenters. The second-order valence-electron chi connectivity index (χ2n) is 4.24. The van der Waals surface area contributed by atoms with Crippen molar-refractivity contribution in [3.05, 3.63) is 29.8 Å². The molecule has 7 heteroatoms. The predicted octanol–water partition coefficient (Wildman–Crippen LogP) is 2.01. The second kappa shape index (κ2) is 6.23. The van der Waals surface area contributed by atoms with Crippen LogP contribution < -0.4 is 10.6 Å². The number of hydrogen-bond acceptors (Lipinski definition) is 7. The highest BCUT2D eigenvalue weighted by molar-refractivity contribution is 8.01. The van der Waals surface area contributed by atoms with Gasteiger partial charge in [0.25, 0.3) is 0 Å². The molecule has 0 saturated carbocycles. The third-order valence-corrected chi connectivity index (χ3v) is 4.74. The largest absolute Gasteiger partial charge is 0.399 e. The van der Waals surface area contributed by atoms with Crippen LogP contribution >= 0.6 is 23.1 Å². The molecule has 3 N–H and O–H groups in total. The fraction of sp³-hybridized carbons (Fsp3) is 0.333. The van der Waals surface area contributed by atoms with E-state index in [4.69, 9.17) is 5.73 Å². The molecule has 0 saturated heterocycles. The maximum absolute atomic E-state index is 10.1. The Morgan fingerprint density at radius 3 is 2.84 bits per heavy atom. The molecule has 0 aliphatic carbocycles. The van der Waals surface area contributed by atoms with Crippen molar-refractivity contribution in [2.24, 2.45) is 0 Å². The van der Waals surface area contributed by atoms with Crippen molar-refractivity contribution < 1.29 is 5.11 Å². The average Bonchev–Trinajstić information content (AvgIpc) is 2.85. The average molecular weight is 296 g/mol. The van der Waals surface area contributed by atoms with Crippen LogP contribution in [0, 0.1) is 0 Å². The minimum absolute atomic E-state index is 0.533. The van der Waals surface area contributed by atoms with E-state index in [2.05, 4.69) is 10.2 Å². The number of nitrogens with zero attached hydrogens (tertiary/aromatic N) is 3. The highest BCUT2D eigenvalue weighted by Crippen LogP contribution is 2.30. The van der Waals surface area contributed by atoms with Crippen molar-refractivity contribution in [3.63, 3.8) is 0 Å². The molecule has 2 aromatic rings. The third kappa shape index (κ3) is 3.82. The molecule has 1 atom stereocenters. The zero-order chi connectivity index (χ0) is 13.8. The fourth-order valence-electron chi connectivity index (χ4n) is 1.45. The Labute approximate surface area is 120 Å². The number of benzene rings is 1. The molecule has 5 nitrogen and oxygen atoms in total. The molecule has 1 aromatic heterocycles. The minimum atomic E-state index is -0.555. The first-order valence-corrected chi connectivity index (χ1v) is 7.53.